The Kier molecular flexibility index (Phi) is 4.17. The molecule has 0 bridgehead atoms. The smallest absolute Gasteiger partial charge is 0.270 e. The average molecular weight is 209 g/mol. The highest BCUT2D eigenvalue weighted by Gasteiger charge is 2.06. The minimum atomic E-state index is -0.405. The van der Waals surface area contributed by atoms with Crippen molar-refractivity contribution >= 4 is 5.91 Å². The summed E-state index contributed by atoms with van der Waals surface area (Å²) in [6, 6.07) is 1.62. The fourth-order valence-corrected chi connectivity index (χ4v) is 1.06. The van der Waals surface area contributed by atoms with Crippen LogP contribution >= 0.6 is 0 Å². The third-order valence-electron chi connectivity index (χ3n) is 1.88. The van der Waals surface area contributed by atoms with Crippen LogP contribution in [0.25, 0.3) is 0 Å². The molecule has 0 saturated carbocycles. The van der Waals surface area contributed by atoms with Crippen LogP contribution in [0.5, 0.6) is 0 Å². The van der Waals surface area contributed by atoms with Crippen LogP contribution in [-0.4, -0.2) is 33.6 Å². The number of aryl methyl sites for hydroxylation is 1. The monoisotopic (exact) mass is 209 g/mol. The van der Waals surface area contributed by atoms with Gasteiger partial charge in [0.15, 0.2) is 0 Å². The molecule has 1 aromatic rings. The van der Waals surface area contributed by atoms with Gasteiger partial charge in [0.1, 0.15) is 12.0 Å². The van der Waals surface area contributed by atoms with Crippen molar-refractivity contribution in [2.75, 3.05) is 6.54 Å². The zero-order valence-electron chi connectivity index (χ0n) is 8.90. The second-order valence-electron chi connectivity index (χ2n) is 3.44. The van der Waals surface area contributed by atoms with Gasteiger partial charge in [-0.1, -0.05) is 0 Å². The highest BCUT2D eigenvalue weighted by atomic mass is 16.3. The number of aliphatic hydroxyl groups excluding tert-OH is 1. The van der Waals surface area contributed by atoms with E-state index in [-0.39, 0.29) is 5.91 Å². The zero-order chi connectivity index (χ0) is 11.3. The molecular formula is C10H15N3O2. The van der Waals surface area contributed by atoms with E-state index in [4.69, 9.17) is 5.11 Å². The van der Waals surface area contributed by atoms with E-state index in [1.807, 2.05) is 0 Å². The van der Waals surface area contributed by atoms with E-state index in [0.717, 1.165) is 5.69 Å². The van der Waals surface area contributed by atoms with E-state index in [9.17, 15) is 4.79 Å². The van der Waals surface area contributed by atoms with Gasteiger partial charge in [-0.15, -0.1) is 0 Å². The van der Waals surface area contributed by atoms with Crippen molar-refractivity contribution in [3.8, 4) is 0 Å². The van der Waals surface area contributed by atoms with Crippen molar-refractivity contribution in [1.29, 1.82) is 0 Å². The standard InChI is InChI=1S/C10H15N3O2/c1-7-5-9(13-6-12-7)10(15)11-4-3-8(2)14/h5-6,8,14H,3-4H2,1-2H3,(H,11,15). The zero-order valence-corrected chi connectivity index (χ0v) is 8.90. The Labute approximate surface area is 88.6 Å². The van der Waals surface area contributed by atoms with E-state index in [1.54, 1.807) is 19.9 Å². The van der Waals surface area contributed by atoms with E-state index in [2.05, 4.69) is 15.3 Å². The predicted molar refractivity (Wildman–Crippen MR) is 55.4 cm³/mol. The van der Waals surface area contributed by atoms with Gasteiger partial charge in [-0.25, -0.2) is 9.97 Å². The number of aromatic nitrogens is 2. The van der Waals surface area contributed by atoms with Gasteiger partial charge < -0.3 is 10.4 Å². The van der Waals surface area contributed by atoms with Gasteiger partial charge in [0.2, 0.25) is 0 Å². The normalized spacial score (nSPS) is 12.2. The molecule has 0 aliphatic carbocycles. The topological polar surface area (TPSA) is 75.1 Å². The van der Waals surface area contributed by atoms with E-state index in [1.165, 1.54) is 6.33 Å². The molecule has 2 N–H and O–H groups in total. The number of carbonyl (C=O) groups excluding carboxylic acids is 1. The lowest BCUT2D eigenvalue weighted by Gasteiger charge is -2.06. The third-order valence-corrected chi connectivity index (χ3v) is 1.88. The second-order valence-corrected chi connectivity index (χ2v) is 3.44. The largest absolute Gasteiger partial charge is 0.393 e. The van der Waals surface area contributed by atoms with Crippen LogP contribution in [0.15, 0.2) is 12.4 Å². The molecular weight excluding hydrogens is 194 g/mol. The van der Waals surface area contributed by atoms with Crippen LogP contribution in [0.1, 0.15) is 29.5 Å². The van der Waals surface area contributed by atoms with Gasteiger partial charge in [0.25, 0.3) is 5.91 Å². The number of nitrogens with zero attached hydrogens (tertiary/aromatic N) is 2. The molecule has 0 aliphatic heterocycles. The summed E-state index contributed by atoms with van der Waals surface area (Å²) >= 11 is 0. The lowest BCUT2D eigenvalue weighted by Crippen LogP contribution is -2.27. The molecule has 1 aromatic heterocycles. The third kappa shape index (κ3) is 4.03. The number of hydrogen-bond donors (Lipinski definition) is 2. The first-order chi connectivity index (χ1) is 7.09. The van der Waals surface area contributed by atoms with Crippen molar-refractivity contribution in [2.24, 2.45) is 0 Å². The highest BCUT2D eigenvalue weighted by molar-refractivity contribution is 5.92. The molecule has 0 aliphatic rings. The maximum absolute atomic E-state index is 11.5. The average Bonchev–Trinajstić information content (AvgIpc) is 2.17. The summed E-state index contributed by atoms with van der Waals surface area (Å²) in [6.07, 6.45) is 1.49. The molecule has 82 valence electrons. The predicted octanol–water partition coefficient (Wildman–Crippen LogP) is 0.286. The Balaban J connectivity index is 2.47. The molecule has 5 heteroatoms. The SMILES string of the molecule is Cc1cc(C(=O)NCCC(C)O)ncn1. The van der Waals surface area contributed by atoms with Crippen molar-refractivity contribution in [3.63, 3.8) is 0 Å². The molecule has 1 atom stereocenters. The molecule has 1 rings (SSSR count). The minimum absolute atomic E-state index is 0.235. The molecule has 0 fully saturated rings. The number of nitrogens with one attached hydrogen (secondary N) is 1. The van der Waals surface area contributed by atoms with Gasteiger partial charge >= 0.3 is 0 Å². The van der Waals surface area contributed by atoms with E-state index < -0.39 is 6.10 Å². The molecule has 1 amide bonds. The maximum Gasteiger partial charge on any atom is 0.270 e. The first kappa shape index (κ1) is 11.6. The quantitative estimate of drug-likeness (QED) is 0.747. The van der Waals surface area contributed by atoms with Gasteiger partial charge in [-0.2, -0.15) is 0 Å². The summed E-state index contributed by atoms with van der Waals surface area (Å²) < 4.78 is 0. The molecule has 0 spiro atoms. The Bertz CT molecular complexity index is 339. The van der Waals surface area contributed by atoms with Gasteiger partial charge in [0, 0.05) is 12.2 Å². The second kappa shape index (κ2) is 5.41. The summed E-state index contributed by atoms with van der Waals surface area (Å²) in [5, 5.41) is 11.7. The number of aliphatic hydroxyl groups is 1. The molecule has 0 radical (unpaired) electrons. The number of hydrogen-bond acceptors (Lipinski definition) is 4. The Hall–Kier alpha value is -1.49. The first-order valence-electron chi connectivity index (χ1n) is 4.84. The van der Waals surface area contributed by atoms with Gasteiger partial charge in [0.05, 0.1) is 6.10 Å². The molecule has 0 aromatic carbocycles. The summed E-state index contributed by atoms with van der Waals surface area (Å²) in [5.74, 6) is -0.235. The molecule has 1 heterocycles. The fourth-order valence-electron chi connectivity index (χ4n) is 1.06. The van der Waals surface area contributed by atoms with Crippen molar-refractivity contribution in [2.45, 2.75) is 26.4 Å². The number of carbonyl (C=O) groups is 1. The lowest BCUT2D eigenvalue weighted by molar-refractivity contribution is 0.0940. The molecule has 15 heavy (non-hydrogen) atoms. The highest BCUT2D eigenvalue weighted by Crippen LogP contribution is 1.96. The van der Waals surface area contributed by atoms with Crippen molar-refractivity contribution in [1.82, 2.24) is 15.3 Å². The Morgan fingerprint density at radius 1 is 1.60 bits per heavy atom. The molecule has 5 nitrogen and oxygen atoms in total. The van der Waals surface area contributed by atoms with Gasteiger partial charge in [-0.05, 0) is 26.3 Å². The minimum Gasteiger partial charge on any atom is -0.393 e. The Morgan fingerprint density at radius 2 is 2.33 bits per heavy atom. The van der Waals surface area contributed by atoms with Crippen LogP contribution in [0.3, 0.4) is 0 Å². The summed E-state index contributed by atoms with van der Waals surface area (Å²) in [6.45, 7) is 3.93. The Morgan fingerprint density at radius 3 is 2.93 bits per heavy atom. The summed E-state index contributed by atoms with van der Waals surface area (Å²) in [4.78, 5) is 19.2. The van der Waals surface area contributed by atoms with Crippen LogP contribution in [0.2, 0.25) is 0 Å². The van der Waals surface area contributed by atoms with Crippen LogP contribution in [0.4, 0.5) is 0 Å². The lowest BCUT2D eigenvalue weighted by atomic mass is 10.2. The summed E-state index contributed by atoms with van der Waals surface area (Å²) in [5.41, 5.74) is 1.11. The van der Waals surface area contributed by atoms with Crippen LogP contribution in [0, 0.1) is 6.92 Å². The fraction of sp³-hybridized carbons (Fsp3) is 0.500. The summed E-state index contributed by atoms with van der Waals surface area (Å²) in [7, 11) is 0. The van der Waals surface area contributed by atoms with E-state index >= 15 is 0 Å². The van der Waals surface area contributed by atoms with E-state index in [0.29, 0.717) is 18.7 Å². The van der Waals surface area contributed by atoms with Crippen molar-refractivity contribution in [3.05, 3.63) is 23.8 Å². The number of amides is 1. The number of rotatable bonds is 4. The van der Waals surface area contributed by atoms with Crippen LogP contribution < -0.4 is 5.32 Å². The molecule has 1 unspecified atom stereocenters. The van der Waals surface area contributed by atoms with Crippen molar-refractivity contribution < 1.29 is 9.90 Å². The van der Waals surface area contributed by atoms with Crippen LogP contribution in [-0.2, 0) is 0 Å². The first-order valence-corrected chi connectivity index (χ1v) is 4.84. The molecule has 0 saturated heterocycles. The van der Waals surface area contributed by atoms with Gasteiger partial charge in [-0.3, -0.25) is 4.79 Å². The maximum atomic E-state index is 11.5.